The first-order valence-corrected chi connectivity index (χ1v) is 9.48. The van der Waals surface area contributed by atoms with Crippen molar-refractivity contribution in [1.29, 1.82) is 0 Å². The third-order valence-corrected chi connectivity index (χ3v) is 5.54. The monoisotopic (exact) mass is 461 g/mol. The zero-order chi connectivity index (χ0) is 16.8. The first-order chi connectivity index (χ1) is 10.3. The molecule has 2 unspecified atom stereocenters. The van der Waals surface area contributed by atoms with Gasteiger partial charge in [0, 0.05) is 25.4 Å². The number of sulfone groups is 1. The highest BCUT2D eigenvalue weighted by molar-refractivity contribution is 14.0. The molecule has 1 aliphatic rings. The summed E-state index contributed by atoms with van der Waals surface area (Å²) in [6.07, 6.45) is 0. The summed E-state index contributed by atoms with van der Waals surface area (Å²) in [5, 5.41) is 3.16. The number of halogens is 1. The summed E-state index contributed by atoms with van der Waals surface area (Å²) in [5.41, 5.74) is 0. The number of rotatable bonds is 6. The third-order valence-electron chi connectivity index (χ3n) is 3.85. The van der Waals surface area contributed by atoms with E-state index < -0.39 is 9.84 Å². The van der Waals surface area contributed by atoms with Crippen LogP contribution in [0, 0.1) is 11.8 Å². The lowest BCUT2D eigenvalue weighted by atomic mass is 9.99. The van der Waals surface area contributed by atoms with Crippen LogP contribution in [0.1, 0.15) is 20.8 Å². The van der Waals surface area contributed by atoms with Crippen LogP contribution in [0.4, 0.5) is 0 Å². The van der Waals surface area contributed by atoms with Crippen molar-refractivity contribution in [2.24, 2.45) is 16.8 Å². The Balaban J connectivity index is 0.00000484. The fourth-order valence-corrected chi connectivity index (χ4v) is 3.12. The van der Waals surface area contributed by atoms with Gasteiger partial charge in [0.1, 0.15) is 0 Å². The second-order valence-electron chi connectivity index (χ2n) is 5.48. The Bertz CT molecular complexity index is 510. The summed E-state index contributed by atoms with van der Waals surface area (Å²) in [5.74, 6) is 0.627. The number of nitrogens with one attached hydrogen (secondary N) is 1. The Kier molecular flexibility index (Phi) is 10.1. The minimum absolute atomic E-state index is 0. The van der Waals surface area contributed by atoms with Crippen molar-refractivity contribution in [1.82, 2.24) is 10.2 Å². The van der Waals surface area contributed by atoms with Crippen molar-refractivity contribution in [2.45, 2.75) is 20.8 Å². The van der Waals surface area contributed by atoms with Crippen LogP contribution in [0.3, 0.4) is 0 Å². The lowest BCUT2D eigenvalue weighted by Crippen LogP contribution is -2.41. The number of nitrogens with zero attached hydrogens (tertiary/aromatic N) is 2. The highest BCUT2D eigenvalue weighted by Gasteiger charge is 2.36. The van der Waals surface area contributed by atoms with Crippen LogP contribution >= 0.6 is 24.0 Å². The van der Waals surface area contributed by atoms with Gasteiger partial charge in [-0.15, -0.1) is 24.0 Å². The highest BCUT2D eigenvalue weighted by atomic mass is 127. The van der Waals surface area contributed by atoms with Gasteiger partial charge < -0.3 is 15.0 Å². The number of carbonyl (C=O) groups excluding carboxylic acids is 1. The molecular weight excluding hydrogens is 433 g/mol. The van der Waals surface area contributed by atoms with E-state index in [9.17, 15) is 13.2 Å². The molecule has 0 aromatic rings. The number of methoxy groups -OCH3 is 1. The average Bonchev–Trinajstić information content (AvgIpc) is 2.87. The molecule has 1 rings (SSSR count). The summed E-state index contributed by atoms with van der Waals surface area (Å²) < 4.78 is 27.9. The summed E-state index contributed by atoms with van der Waals surface area (Å²) in [4.78, 5) is 18.1. The van der Waals surface area contributed by atoms with Gasteiger partial charge in [0.05, 0.1) is 25.3 Å². The predicted molar refractivity (Wildman–Crippen MR) is 102 cm³/mol. The number of guanidine groups is 1. The molecule has 7 nitrogen and oxygen atoms in total. The van der Waals surface area contributed by atoms with Crippen molar-refractivity contribution in [3.05, 3.63) is 0 Å². The fraction of sp³-hybridized carbons (Fsp3) is 0.857. The van der Waals surface area contributed by atoms with E-state index in [4.69, 9.17) is 4.74 Å². The molecule has 0 amide bonds. The van der Waals surface area contributed by atoms with Gasteiger partial charge in [-0.2, -0.15) is 0 Å². The van der Waals surface area contributed by atoms with Crippen LogP contribution in [-0.4, -0.2) is 70.0 Å². The molecule has 0 spiro atoms. The molecule has 0 bridgehead atoms. The zero-order valence-electron chi connectivity index (χ0n) is 14.2. The Labute approximate surface area is 156 Å². The van der Waals surface area contributed by atoms with Gasteiger partial charge in [-0.05, 0) is 12.8 Å². The largest absolute Gasteiger partial charge is 0.469 e. The van der Waals surface area contributed by atoms with E-state index in [2.05, 4.69) is 10.3 Å². The van der Waals surface area contributed by atoms with E-state index >= 15 is 0 Å². The van der Waals surface area contributed by atoms with Gasteiger partial charge in [-0.3, -0.25) is 9.79 Å². The smallest absolute Gasteiger partial charge is 0.310 e. The van der Waals surface area contributed by atoms with Gasteiger partial charge in [0.25, 0.3) is 0 Å². The van der Waals surface area contributed by atoms with Crippen LogP contribution in [-0.2, 0) is 19.4 Å². The maximum atomic E-state index is 11.7. The van der Waals surface area contributed by atoms with Crippen LogP contribution in [0.15, 0.2) is 4.99 Å². The third kappa shape index (κ3) is 6.82. The normalized spacial score (nSPS) is 21.7. The van der Waals surface area contributed by atoms with Gasteiger partial charge in [-0.25, -0.2) is 8.42 Å². The number of aliphatic imine (C=N–C) groups is 1. The van der Waals surface area contributed by atoms with E-state index in [-0.39, 0.29) is 59.8 Å². The molecule has 9 heteroatoms. The summed E-state index contributed by atoms with van der Waals surface area (Å²) >= 11 is 0. The molecule has 1 saturated heterocycles. The molecule has 0 saturated carbocycles. The van der Waals surface area contributed by atoms with Gasteiger partial charge in [-0.1, -0.05) is 13.8 Å². The topological polar surface area (TPSA) is 88.1 Å². The molecule has 0 radical (unpaired) electrons. The van der Waals surface area contributed by atoms with Crippen LogP contribution in [0.25, 0.3) is 0 Å². The molecule has 136 valence electrons. The Morgan fingerprint density at radius 1 is 1.35 bits per heavy atom. The molecule has 23 heavy (non-hydrogen) atoms. The van der Waals surface area contributed by atoms with Crippen molar-refractivity contribution < 1.29 is 17.9 Å². The number of esters is 1. The minimum atomic E-state index is -3.02. The lowest BCUT2D eigenvalue weighted by molar-refractivity contribution is -0.145. The molecule has 1 heterocycles. The molecule has 1 fully saturated rings. The number of hydrogen-bond acceptors (Lipinski definition) is 5. The number of carbonyl (C=O) groups is 1. The summed E-state index contributed by atoms with van der Waals surface area (Å²) in [6.45, 7) is 7.75. The molecule has 0 aromatic heterocycles. The molecule has 1 aliphatic heterocycles. The van der Waals surface area contributed by atoms with Crippen LogP contribution < -0.4 is 5.32 Å². The van der Waals surface area contributed by atoms with Gasteiger partial charge in [0.15, 0.2) is 15.8 Å². The minimum Gasteiger partial charge on any atom is -0.469 e. The molecule has 1 N–H and O–H groups in total. The number of ether oxygens (including phenoxy) is 1. The zero-order valence-corrected chi connectivity index (χ0v) is 17.4. The first-order valence-electron chi connectivity index (χ1n) is 7.66. The second kappa shape index (κ2) is 10.3. The summed E-state index contributed by atoms with van der Waals surface area (Å²) in [6, 6.07) is 0. The number of likely N-dealkylation sites (tertiary alicyclic amines) is 1. The van der Waals surface area contributed by atoms with Crippen molar-refractivity contribution in [3.8, 4) is 0 Å². The second-order valence-corrected chi connectivity index (χ2v) is 7.96. The van der Waals surface area contributed by atoms with E-state index in [1.54, 1.807) is 6.92 Å². The first kappa shape index (κ1) is 22.4. The van der Waals surface area contributed by atoms with E-state index in [1.165, 1.54) is 7.11 Å². The molecule has 2 atom stereocenters. The van der Waals surface area contributed by atoms with E-state index in [1.807, 2.05) is 18.7 Å². The molecular formula is C14H28IN3O4S. The van der Waals surface area contributed by atoms with Crippen molar-refractivity contribution >= 4 is 45.7 Å². The standard InChI is InChI=1S/C14H27N3O4S.HI/c1-5-15-14(16-7-8-22(19,20)6-2)17-9-11(3)12(10-17)13(18)21-4;/h11-12H,5-10H2,1-4H3,(H,15,16);1H. The highest BCUT2D eigenvalue weighted by Crippen LogP contribution is 2.24. The maximum Gasteiger partial charge on any atom is 0.310 e. The lowest BCUT2D eigenvalue weighted by Gasteiger charge is -2.21. The SMILES string of the molecule is CCNC(=NCCS(=O)(=O)CC)N1CC(C)C(C(=O)OC)C1.I. The van der Waals surface area contributed by atoms with Crippen LogP contribution in [0.2, 0.25) is 0 Å². The number of hydrogen-bond donors (Lipinski definition) is 1. The van der Waals surface area contributed by atoms with Crippen molar-refractivity contribution in [2.75, 3.05) is 44.8 Å². The quantitative estimate of drug-likeness (QED) is 0.272. The van der Waals surface area contributed by atoms with Gasteiger partial charge in [0.2, 0.25) is 0 Å². The van der Waals surface area contributed by atoms with E-state index in [0.29, 0.717) is 25.6 Å². The Morgan fingerprint density at radius 3 is 2.52 bits per heavy atom. The Hall–Kier alpha value is -0.580. The van der Waals surface area contributed by atoms with Crippen LogP contribution in [0.5, 0.6) is 0 Å². The van der Waals surface area contributed by atoms with Gasteiger partial charge >= 0.3 is 5.97 Å². The average molecular weight is 461 g/mol. The van der Waals surface area contributed by atoms with Crippen molar-refractivity contribution in [3.63, 3.8) is 0 Å². The molecule has 0 aliphatic carbocycles. The predicted octanol–water partition coefficient (Wildman–Crippen LogP) is 0.746. The fourth-order valence-electron chi connectivity index (χ4n) is 2.46. The van der Waals surface area contributed by atoms with E-state index in [0.717, 1.165) is 0 Å². The molecule has 0 aromatic carbocycles. The summed E-state index contributed by atoms with van der Waals surface area (Å²) in [7, 11) is -1.62. The maximum absolute atomic E-state index is 11.7. The Morgan fingerprint density at radius 2 is 2.00 bits per heavy atom.